The van der Waals surface area contributed by atoms with Crippen LogP contribution in [0.4, 0.5) is 0 Å². The van der Waals surface area contributed by atoms with Crippen molar-refractivity contribution in [1.29, 1.82) is 0 Å². The van der Waals surface area contributed by atoms with Crippen LogP contribution in [0.1, 0.15) is 75.5 Å². The molecule has 0 N–H and O–H groups in total. The second-order valence-corrected chi connectivity index (χ2v) is 9.96. The molecule has 37 heavy (non-hydrogen) atoms. The van der Waals surface area contributed by atoms with Gasteiger partial charge in [0.1, 0.15) is 5.78 Å². The molecule has 2 aromatic carbocycles. The van der Waals surface area contributed by atoms with Crippen LogP contribution in [0.5, 0.6) is 11.5 Å². The molecule has 0 aromatic heterocycles. The third-order valence-electron chi connectivity index (χ3n) is 7.68. The first-order chi connectivity index (χ1) is 17.8. The van der Waals surface area contributed by atoms with Gasteiger partial charge >= 0.3 is 5.97 Å². The molecule has 1 saturated carbocycles. The van der Waals surface area contributed by atoms with Crippen LogP contribution >= 0.6 is 0 Å². The van der Waals surface area contributed by atoms with Gasteiger partial charge in [-0.2, -0.15) is 0 Å². The highest BCUT2D eigenvalue weighted by molar-refractivity contribution is 6.12. The minimum absolute atomic E-state index is 0.0214. The van der Waals surface area contributed by atoms with Gasteiger partial charge in [-0.3, -0.25) is 9.79 Å². The van der Waals surface area contributed by atoms with Gasteiger partial charge in [0.2, 0.25) is 0 Å². The van der Waals surface area contributed by atoms with E-state index in [1.54, 1.807) is 14.2 Å². The molecule has 0 spiro atoms. The molecule has 0 amide bonds. The van der Waals surface area contributed by atoms with Crippen molar-refractivity contribution in [2.24, 2.45) is 10.9 Å². The minimum Gasteiger partial charge on any atom is -0.493 e. The van der Waals surface area contributed by atoms with Gasteiger partial charge < -0.3 is 14.2 Å². The zero-order valence-corrected chi connectivity index (χ0v) is 22.7. The summed E-state index contributed by atoms with van der Waals surface area (Å²) in [6, 6.07) is 14.1. The number of fused-ring (bicyclic) bond motifs is 1. The Labute approximate surface area is 219 Å². The molecule has 6 heteroatoms. The van der Waals surface area contributed by atoms with Gasteiger partial charge in [-0.05, 0) is 67.9 Å². The monoisotopic (exact) mass is 503 g/mol. The fourth-order valence-corrected chi connectivity index (χ4v) is 5.43. The number of allylic oxidation sites excluding steroid dienone is 1. The van der Waals surface area contributed by atoms with Crippen LogP contribution < -0.4 is 9.47 Å². The number of ketones is 1. The number of aliphatic imine (C=N–C) groups is 1. The number of Topliss-reactive ketones (excluding diaryl/α,β-unsaturated/α-hetero) is 1. The van der Waals surface area contributed by atoms with Gasteiger partial charge in [0.05, 0.1) is 31.8 Å². The second kappa shape index (κ2) is 11.3. The molecule has 4 rings (SSSR count). The third kappa shape index (κ3) is 5.34. The highest BCUT2D eigenvalue weighted by Crippen LogP contribution is 2.46. The van der Waals surface area contributed by atoms with E-state index in [0.717, 1.165) is 29.7 Å². The third-order valence-corrected chi connectivity index (χ3v) is 7.68. The van der Waals surface area contributed by atoms with E-state index in [9.17, 15) is 9.59 Å². The largest absolute Gasteiger partial charge is 0.493 e. The summed E-state index contributed by atoms with van der Waals surface area (Å²) < 4.78 is 16.6. The average molecular weight is 504 g/mol. The highest BCUT2D eigenvalue weighted by atomic mass is 16.5. The van der Waals surface area contributed by atoms with E-state index in [1.165, 1.54) is 5.56 Å². The number of hydrogen-bond acceptors (Lipinski definition) is 6. The minimum atomic E-state index is -0.480. The number of rotatable bonds is 8. The Hall–Kier alpha value is -3.41. The second-order valence-electron chi connectivity index (χ2n) is 9.96. The summed E-state index contributed by atoms with van der Waals surface area (Å²) in [7, 11) is 3.21. The van der Waals surface area contributed by atoms with E-state index in [0.29, 0.717) is 35.6 Å². The molecule has 2 aliphatic rings. The maximum Gasteiger partial charge on any atom is 0.336 e. The summed E-state index contributed by atoms with van der Waals surface area (Å²) in [4.78, 5) is 32.1. The van der Waals surface area contributed by atoms with E-state index >= 15 is 0 Å². The maximum atomic E-state index is 13.8. The fourth-order valence-electron chi connectivity index (χ4n) is 5.43. The van der Waals surface area contributed by atoms with Crippen LogP contribution in [0.15, 0.2) is 58.7 Å². The van der Waals surface area contributed by atoms with E-state index in [1.807, 2.05) is 51.1 Å². The molecule has 1 heterocycles. The molecule has 0 bridgehead atoms. The predicted octanol–water partition coefficient (Wildman–Crippen LogP) is 6.18. The Morgan fingerprint density at radius 1 is 0.973 bits per heavy atom. The Morgan fingerprint density at radius 2 is 1.65 bits per heavy atom. The van der Waals surface area contributed by atoms with Crippen molar-refractivity contribution in [2.75, 3.05) is 14.2 Å². The fraction of sp³-hybridized carbons (Fsp3) is 0.452. The Bertz CT molecular complexity index is 1230. The molecule has 196 valence electrons. The smallest absolute Gasteiger partial charge is 0.336 e. The van der Waals surface area contributed by atoms with Crippen molar-refractivity contribution in [2.45, 2.75) is 71.3 Å². The first kappa shape index (κ1) is 26.6. The van der Waals surface area contributed by atoms with Gasteiger partial charge in [-0.25, -0.2) is 4.79 Å². The lowest BCUT2D eigenvalue weighted by atomic mass is 9.66. The summed E-state index contributed by atoms with van der Waals surface area (Å²) in [5, 5.41) is 0. The lowest BCUT2D eigenvalue weighted by Gasteiger charge is -2.38. The number of benzene rings is 2. The van der Waals surface area contributed by atoms with Crippen molar-refractivity contribution in [3.63, 3.8) is 0 Å². The molecule has 1 unspecified atom stereocenters. The molecule has 1 aliphatic carbocycles. The van der Waals surface area contributed by atoms with E-state index < -0.39 is 11.8 Å². The van der Waals surface area contributed by atoms with Gasteiger partial charge in [0.25, 0.3) is 0 Å². The highest BCUT2D eigenvalue weighted by Gasteiger charge is 2.46. The lowest BCUT2D eigenvalue weighted by Crippen LogP contribution is -2.41. The average Bonchev–Trinajstić information content (AvgIpc) is 2.91. The number of hydrogen-bond donors (Lipinski definition) is 0. The molecule has 0 radical (unpaired) electrons. The summed E-state index contributed by atoms with van der Waals surface area (Å²) in [5.74, 6) is 0.0951. The van der Waals surface area contributed by atoms with Crippen molar-refractivity contribution >= 4 is 17.5 Å². The molecule has 1 fully saturated rings. The number of aryl methyl sites for hydroxylation is 1. The predicted molar refractivity (Wildman–Crippen MR) is 145 cm³/mol. The van der Waals surface area contributed by atoms with Crippen LogP contribution in [0.2, 0.25) is 0 Å². The summed E-state index contributed by atoms with van der Waals surface area (Å²) in [6.07, 6.45) is 2.44. The first-order valence-electron chi connectivity index (χ1n) is 13.1. The number of methoxy groups -OCH3 is 2. The normalized spacial score (nSPS) is 22.2. The number of carbonyl (C=O) groups is 2. The topological polar surface area (TPSA) is 74.2 Å². The molecule has 1 aliphatic heterocycles. The number of esters is 1. The van der Waals surface area contributed by atoms with Crippen LogP contribution in [-0.2, 0) is 20.7 Å². The van der Waals surface area contributed by atoms with Crippen LogP contribution in [-0.4, -0.2) is 37.8 Å². The summed E-state index contributed by atoms with van der Waals surface area (Å²) >= 11 is 0. The SMILES string of the molecule is CCc1ccc([C@@H]2C(C(=O)O[C@@H](C)CC)=C(C)N=C3C[C@H](c4ccc(OC)c(OC)c4)CC(=O)C32)cc1. The van der Waals surface area contributed by atoms with Crippen molar-refractivity contribution < 1.29 is 23.8 Å². The standard InChI is InChI=1S/C31H37NO5/c1-7-18(3)37-31(34)28-19(4)32-24-15-23(22-13-14-26(35-5)27(17-22)36-6)16-25(33)30(24)29(28)21-11-9-20(8-2)10-12-21/h9-14,17-18,23,29-30H,7-8,15-16H2,1-6H3/t18-,23-,29+,30?/m0/s1. The summed E-state index contributed by atoms with van der Waals surface area (Å²) in [6.45, 7) is 7.83. The van der Waals surface area contributed by atoms with Crippen molar-refractivity contribution in [3.05, 3.63) is 70.4 Å². The molecular formula is C31H37NO5. The molecular weight excluding hydrogens is 466 g/mol. The van der Waals surface area contributed by atoms with Gasteiger partial charge in [-0.15, -0.1) is 0 Å². The number of ether oxygens (including phenoxy) is 3. The Kier molecular flexibility index (Phi) is 8.16. The number of carbonyl (C=O) groups excluding carboxylic acids is 2. The zero-order chi connectivity index (χ0) is 26.7. The van der Waals surface area contributed by atoms with Gasteiger partial charge in [-0.1, -0.05) is 44.2 Å². The molecule has 0 saturated heterocycles. The van der Waals surface area contributed by atoms with Crippen molar-refractivity contribution in [1.82, 2.24) is 0 Å². The Balaban J connectivity index is 1.76. The van der Waals surface area contributed by atoms with Crippen LogP contribution in [0.3, 0.4) is 0 Å². The molecule has 2 aromatic rings. The van der Waals surface area contributed by atoms with E-state index in [2.05, 4.69) is 19.1 Å². The molecule has 6 nitrogen and oxygen atoms in total. The Morgan fingerprint density at radius 3 is 2.27 bits per heavy atom. The van der Waals surface area contributed by atoms with Crippen LogP contribution in [0, 0.1) is 5.92 Å². The zero-order valence-electron chi connectivity index (χ0n) is 22.7. The lowest BCUT2D eigenvalue weighted by molar-refractivity contribution is -0.144. The van der Waals surface area contributed by atoms with Gasteiger partial charge in [0.15, 0.2) is 11.5 Å². The van der Waals surface area contributed by atoms with Crippen molar-refractivity contribution in [3.8, 4) is 11.5 Å². The van der Waals surface area contributed by atoms with E-state index in [4.69, 9.17) is 19.2 Å². The maximum absolute atomic E-state index is 13.8. The molecule has 4 atom stereocenters. The number of nitrogens with zero attached hydrogens (tertiary/aromatic N) is 1. The quantitative estimate of drug-likeness (QED) is 0.402. The van der Waals surface area contributed by atoms with Gasteiger partial charge in [0, 0.05) is 23.7 Å². The summed E-state index contributed by atoms with van der Waals surface area (Å²) in [5.41, 5.74) is 5.13. The first-order valence-corrected chi connectivity index (χ1v) is 13.1. The van der Waals surface area contributed by atoms with Crippen LogP contribution in [0.25, 0.3) is 0 Å². The van der Waals surface area contributed by atoms with E-state index in [-0.39, 0.29) is 23.8 Å².